The number of rotatable bonds is 9. The summed E-state index contributed by atoms with van der Waals surface area (Å²) in [6, 6.07) is 0. The molecule has 0 rings (SSSR count). The van der Waals surface area contributed by atoms with Gasteiger partial charge in [-0.1, -0.05) is 0 Å². The Bertz CT molecular complexity index is 276. The first-order valence-electron chi connectivity index (χ1n) is 5.60. The van der Waals surface area contributed by atoms with Gasteiger partial charge in [-0.3, -0.25) is 0 Å². The topological polar surface area (TPSA) is 174 Å². The molecule has 6 N–H and O–H groups in total. The minimum absolute atomic E-state index is 0.628. The molecule has 20 heavy (non-hydrogen) atoms. The molecule has 0 radical (unpaired) electrons. The van der Waals surface area contributed by atoms with Crippen molar-refractivity contribution in [2.24, 2.45) is 0 Å². The van der Waals surface area contributed by atoms with Crippen LogP contribution in [0.3, 0.4) is 0 Å². The van der Waals surface area contributed by atoms with Gasteiger partial charge < -0.3 is 40.1 Å². The maximum atomic E-state index is 11.2. The van der Waals surface area contributed by atoms with Crippen LogP contribution in [0.4, 0.5) is 0 Å². The Morgan fingerprint density at radius 3 is 1.30 bits per heavy atom. The van der Waals surface area contributed by atoms with Gasteiger partial charge in [-0.2, -0.15) is 0 Å². The Morgan fingerprint density at radius 1 is 0.750 bits per heavy atom. The second kappa shape index (κ2) is 9.58. The van der Waals surface area contributed by atoms with E-state index in [0.29, 0.717) is 0 Å². The van der Waals surface area contributed by atoms with E-state index < -0.39 is 62.8 Å². The third-order valence-electron chi connectivity index (χ3n) is 2.04. The van der Waals surface area contributed by atoms with Crippen LogP contribution in [-0.4, -0.2) is 93.4 Å². The monoisotopic (exact) mass is 298 g/mol. The third kappa shape index (κ3) is 6.75. The largest absolute Gasteiger partial charge is 0.461 e. The molecule has 0 aromatic rings. The van der Waals surface area contributed by atoms with E-state index in [9.17, 15) is 19.8 Å². The molecule has 0 aliphatic rings. The normalized spacial score (nSPS) is 16.9. The van der Waals surface area contributed by atoms with Crippen LogP contribution >= 0.6 is 0 Å². The van der Waals surface area contributed by atoms with Gasteiger partial charge in [0.2, 0.25) is 0 Å². The van der Waals surface area contributed by atoms with Gasteiger partial charge in [-0.25, -0.2) is 9.59 Å². The zero-order chi connectivity index (χ0) is 15.7. The Kier molecular flexibility index (Phi) is 8.96. The number of aliphatic hydroxyl groups excluding tert-OH is 6. The van der Waals surface area contributed by atoms with E-state index in [-0.39, 0.29) is 0 Å². The number of carbonyl (C=O) groups is 2. The summed E-state index contributed by atoms with van der Waals surface area (Å²) in [5.41, 5.74) is 0. The molecule has 4 unspecified atom stereocenters. The zero-order valence-electron chi connectivity index (χ0n) is 10.5. The van der Waals surface area contributed by atoms with E-state index in [2.05, 4.69) is 9.47 Å². The van der Waals surface area contributed by atoms with Crippen LogP contribution in [0.1, 0.15) is 0 Å². The van der Waals surface area contributed by atoms with Gasteiger partial charge in [-0.15, -0.1) is 0 Å². The van der Waals surface area contributed by atoms with Crippen LogP contribution in [-0.2, 0) is 19.1 Å². The third-order valence-corrected chi connectivity index (χ3v) is 2.04. The number of aliphatic hydroxyl groups is 6. The maximum Gasteiger partial charge on any atom is 0.338 e. The summed E-state index contributed by atoms with van der Waals surface area (Å²) >= 11 is 0. The molecule has 0 aliphatic heterocycles. The number of hydrogen-bond acceptors (Lipinski definition) is 10. The van der Waals surface area contributed by atoms with Crippen molar-refractivity contribution in [1.82, 2.24) is 0 Å². The summed E-state index contributed by atoms with van der Waals surface area (Å²) in [6.45, 7) is -2.60. The minimum Gasteiger partial charge on any atom is -0.461 e. The average Bonchev–Trinajstić information content (AvgIpc) is 2.47. The quantitative estimate of drug-likeness (QED) is 0.228. The summed E-state index contributed by atoms with van der Waals surface area (Å²) in [4.78, 5) is 22.4. The Balaban J connectivity index is 4.20. The molecule has 0 heterocycles. The summed E-state index contributed by atoms with van der Waals surface area (Å²) in [6.07, 6.45) is -7.20. The van der Waals surface area contributed by atoms with Crippen molar-refractivity contribution in [1.29, 1.82) is 0 Å². The van der Waals surface area contributed by atoms with Crippen molar-refractivity contribution in [2.45, 2.75) is 24.4 Å². The first-order valence-corrected chi connectivity index (χ1v) is 5.60. The Hall–Kier alpha value is -1.30. The molecule has 10 nitrogen and oxygen atoms in total. The Labute approximate surface area is 113 Å². The first kappa shape index (κ1) is 18.7. The highest BCUT2D eigenvalue weighted by atomic mass is 16.6. The fourth-order valence-corrected chi connectivity index (χ4v) is 0.891. The predicted molar refractivity (Wildman–Crippen MR) is 60.1 cm³/mol. The van der Waals surface area contributed by atoms with E-state index in [1.165, 1.54) is 0 Å². The van der Waals surface area contributed by atoms with E-state index in [1.807, 2.05) is 0 Å². The van der Waals surface area contributed by atoms with Crippen LogP contribution in [0.15, 0.2) is 0 Å². The molecule has 0 bridgehead atoms. The van der Waals surface area contributed by atoms with Crippen molar-refractivity contribution in [2.75, 3.05) is 26.4 Å². The molecule has 10 heteroatoms. The van der Waals surface area contributed by atoms with Gasteiger partial charge in [0.05, 0.1) is 13.2 Å². The Morgan fingerprint density at radius 2 is 1.05 bits per heavy atom. The van der Waals surface area contributed by atoms with Crippen molar-refractivity contribution in [3.05, 3.63) is 0 Å². The lowest BCUT2D eigenvalue weighted by Crippen LogP contribution is -2.43. The summed E-state index contributed by atoms with van der Waals surface area (Å²) in [5.74, 6) is -2.80. The number of hydrogen-bond donors (Lipinski definition) is 6. The second-order valence-electron chi connectivity index (χ2n) is 3.82. The maximum absolute atomic E-state index is 11.2. The molecular weight excluding hydrogens is 280 g/mol. The van der Waals surface area contributed by atoms with Crippen molar-refractivity contribution in [3.63, 3.8) is 0 Å². The molecule has 0 aliphatic carbocycles. The van der Waals surface area contributed by atoms with Crippen LogP contribution in [0.2, 0.25) is 0 Å². The van der Waals surface area contributed by atoms with Crippen molar-refractivity contribution in [3.8, 4) is 0 Å². The van der Waals surface area contributed by atoms with E-state index in [4.69, 9.17) is 20.4 Å². The fraction of sp³-hybridized carbons (Fsp3) is 0.800. The van der Waals surface area contributed by atoms with Gasteiger partial charge in [-0.05, 0) is 0 Å². The molecule has 0 aromatic carbocycles. The molecule has 118 valence electrons. The minimum atomic E-state index is -2.25. The van der Waals surface area contributed by atoms with Gasteiger partial charge >= 0.3 is 11.9 Å². The highest BCUT2D eigenvalue weighted by Gasteiger charge is 2.33. The molecule has 0 fully saturated rings. The van der Waals surface area contributed by atoms with Crippen LogP contribution in [0.25, 0.3) is 0 Å². The van der Waals surface area contributed by atoms with E-state index in [0.717, 1.165) is 0 Å². The van der Waals surface area contributed by atoms with Crippen LogP contribution in [0, 0.1) is 0 Å². The lowest BCUT2D eigenvalue weighted by molar-refractivity contribution is -0.176. The first-order chi connectivity index (χ1) is 9.33. The summed E-state index contributed by atoms with van der Waals surface area (Å²) in [5, 5.41) is 53.3. The highest BCUT2D eigenvalue weighted by molar-refractivity contribution is 5.85. The molecule has 0 amide bonds. The molecule has 0 spiro atoms. The molecule has 0 saturated heterocycles. The predicted octanol–water partition coefficient (Wildman–Crippen LogP) is -4.50. The standard InChI is InChI=1S/C10H18O10/c11-1-5(13)3-19-9(17)7(15)8(16)10(18)20-4-6(14)2-12/h5-8,11-16H,1-4H2. The van der Waals surface area contributed by atoms with Crippen LogP contribution < -0.4 is 0 Å². The number of carbonyl (C=O) groups excluding carboxylic acids is 2. The number of esters is 2. The lowest BCUT2D eigenvalue weighted by Gasteiger charge is -2.17. The lowest BCUT2D eigenvalue weighted by atomic mass is 10.2. The molecule has 4 atom stereocenters. The summed E-state index contributed by atoms with van der Waals surface area (Å²) in [7, 11) is 0. The van der Waals surface area contributed by atoms with Gasteiger partial charge in [0.25, 0.3) is 0 Å². The highest BCUT2D eigenvalue weighted by Crippen LogP contribution is 2.01. The smallest absolute Gasteiger partial charge is 0.338 e. The van der Waals surface area contributed by atoms with Crippen LogP contribution in [0.5, 0.6) is 0 Å². The average molecular weight is 298 g/mol. The molecule has 0 saturated carbocycles. The fourth-order valence-electron chi connectivity index (χ4n) is 0.891. The zero-order valence-corrected chi connectivity index (χ0v) is 10.5. The molecule has 0 aromatic heterocycles. The van der Waals surface area contributed by atoms with Gasteiger partial charge in [0.15, 0.2) is 12.2 Å². The van der Waals surface area contributed by atoms with E-state index >= 15 is 0 Å². The summed E-state index contributed by atoms with van der Waals surface area (Å²) < 4.78 is 8.64. The van der Waals surface area contributed by atoms with Gasteiger partial charge in [0, 0.05) is 0 Å². The second-order valence-corrected chi connectivity index (χ2v) is 3.82. The number of ether oxygens (including phenoxy) is 2. The van der Waals surface area contributed by atoms with Crippen molar-refractivity contribution < 1.29 is 49.7 Å². The van der Waals surface area contributed by atoms with E-state index in [1.54, 1.807) is 0 Å². The van der Waals surface area contributed by atoms with Crippen molar-refractivity contribution >= 4 is 11.9 Å². The SMILES string of the molecule is O=C(OCC(O)CO)C(O)C(O)C(=O)OCC(O)CO. The van der Waals surface area contributed by atoms with Gasteiger partial charge in [0.1, 0.15) is 25.4 Å². The molecular formula is C10H18O10.